The summed E-state index contributed by atoms with van der Waals surface area (Å²) in [6, 6.07) is 8.29. The number of oxazole rings is 1. The average molecular weight is 478 g/mol. The number of carboxylic acid groups (broad SMARTS) is 1. The molecule has 1 amide bonds. The van der Waals surface area contributed by atoms with Crippen molar-refractivity contribution in [1.82, 2.24) is 20.2 Å². The number of carbonyl (C=O) groups is 2. The molecule has 9 nitrogen and oxygen atoms in total. The normalized spacial score (nSPS) is 18.7. The molecule has 1 saturated heterocycles. The Balaban J connectivity index is 1.09. The lowest BCUT2D eigenvalue weighted by Crippen LogP contribution is -2.43. The van der Waals surface area contributed by atoms with Crippen molar-refractivity contribution in [3.05, 3.63) is 53.5 Å². The van der Waals surface area contributed by atoms with Crippen LogP contribution in [0, 0.1) is 5.92 Å². The van der Waals surface area contributed by atoms with E-state index in [1.54, 1.807) is 18.2 Å². The van der Waals surface area contributed by atoms with Gasteiger partial charge < -0.3 is 25.1 Å². The van der Waals surface area contributed by atoms with E-state index in [9.17, 15) is 14.7 Å². The quantitative estimate of drug-likeness (QED) is 0.430. The molecule has 2 atom stereocenters. The molecular formula is C26H31N5O4. The summed E-state index contributed by atoms with van der Waals surface area (Å²) < 4.78 is 5.19. The Morgan fingerprint density at radius 1 is 1.29 bits per heavy atom. The first-order valence-electron chi connectivity index (χ1n) is 12.4. The van der Waals surface area contributed by atoms with Gasteiger partial charge in [0.1, 0.15) is 17.4 Å². The maximum absolute atomic E-state index is 12.6. The largest absolute Gasteiger partial charge is 0.480 e. The predicted octanol–water partition coefficient (Wildman–Crippen LogP) is 3.11. The predicted molar refractivity (Wildman–Crippen MR) is 131 cm³/mol. The molecule has 2 aliphatic rings. The number of aromatic nitrogens is 2. The highest BCUT2D eigenvalue weighted by molar-refractivity contribution is 5.98. The number of nitrogens with zero attached hydrogens (tertiary/aromatic N) is 3. The number of nitrogens with one attached hydrogen (secondary N) is 2. The molecule has 4 heterocycles. The van der Waals surface area contributed by atoms with Crippen LogP contribution in [0.5, 0.6) is 0 Å². The van der Waals surface area contributed by atoms with Crippen molar-refractivity contribution in [1.29, 1.82) is 0 Å². The van der Waals surface area contributed by atoms with Crippen molar-refractivity contribution in [2.45, 2.75) is 44.6 Å². The fourth-order valence-electron chi connectivity index (χ4n) is 5.02. The van der Waals surface area contributed by atoms with E-state index >= 15 is 0 Å². The first-order valence-corrected chi connectivity index (χ1v) is 12.4. The van der Waals surface area contributed by atoms with E-state index in [0.717, 1.165) is 63.3 Å². The number of hydrogen-bond donors (Lipinski definition) is 3. The summed E-state index contributed by atoms with van der Waals surface area (Å²) in [6.07, 6.45) is 7.07. The van der Waals surface area contributed by atoms with E-state index in [0.29, 0.717) is 35.5 Å². The zero-order valence-corrected chi connectivity index (χ0v) is 19.7. The summed E-state index contributed by atoms with van der Waals surface area (Å²) in [6.45, 7) is 3.53. The van der Waals surface area contributed by atoms with Crippen molar-refractivity contribution in [2.24, 2.45) is 5.92 Å². The number of amides is 1. The molecule has 5 rings (SSSR count). The highest BCUT2D eigenvalue weighted by Gasteiger charge is 2.26. The van der Waals surface area contributed by atoms with Crippen LogP contribution in [-0.4, -0.2) is 64.1 Å². The van der Waals surface area contributed by atoms with Crippen molar-refractivity contribution in [2.75, 3.05) is 31.5 Å². The van der Waals surface area contributed by atoms with E-state index in [1.807, 2.05) is 0 Å². The maximum Gasteiger partial charge on any atom is 0.326 e. The molecule has 0 saturated carbocycles. The van der Waals surface area contributed by atoms with Gasteiger partial charge in [0.25, 0.3) is 5.91 Å². The monoisotopic (exact) mass is 477 g/mol. The molecule has 2 aliphatic heterocycles. The summed E-state index contributed by atoms with van der Waals surface area (Å²) in [4.78, 5) is 35.6. The Labute approximate surface area is 203 Å². The molecule has 0 bridgehead atoms. The SMILES string of the molecule is O=C(N[C@@H](CCN1CC[C@H](CCc2ccc3c(n2)NCCC3)C1)C(=O)O)c1ccc2ocnc2c1. The molecule has 1 fully saturated rings. The third-order valence-electron chi connectivity index (χ3n) is 7.06. The van der Waals surface area contributed by atoms with Crippen LogP contribution < -0.4 is 10.6 Å². The molecule has 2 aromatic heterocycles. The number of anilines is 1. The topological polar surface area (TPSA) is 121 Å². The van der Waals surface area contributed by atoms with Gasteiger partial charge in [0.15, 0.2) is 12.0 Å². The van der Waals surface area contributed by atoms with Crippen LogP contribution in [0.15, 0.2) is 41.1 Å². The summed E-state index contributed by atoms with van der Waals surface area (Å²) in [5, 5.41) is 15.7. The van der Waals surface area contributed by atoms with Crippen molar-refractivity contribution in [3.8, 4) is 0 Å². The fraction of sp³-hybridized carbons (Fsp3) is 0.462. The molecule has 1 aromatic carbocycles. The number of fused-ring (bicyclic) bond motifs is 2. The lowest BCUT2D eigenvalue weighted by Gasteiger charge is -2.20. The number of carboxylic acids is 1. The minimum atomic E-state index is -1.02. The van der Waals surface area contributed by atoms with Crippen LogP contribution >= 0.6 is 0 Å². The van der Waals surface area contributed by atoms with Gasteiger partial charge in [0.05, 0.1) is 0 Å². The van der Waals surface area contributed by atoms with E-state index in [4.69, 9.17) is 9.40 Å². The molecular weight excluding hydrogens is 446 g/mol. The average Bonchev–Trinajstić information content (AvgIpc) is 3.53. The maximum atomic E-state index is 12.6. The van der Waals surface area contributed by atoms with E-state index in [-0.39, 0.29) is 0 Å². The van der Waals surface area contributed by atoms with Gasteiger partial charge in [-0.15, -0.1) is 0 Å². The Bertz CT molecular complexity index is 1210. The lowest BCUT2D eigenvalue weighted by atomic mass is 10.00. The Kier molecular flexibility index (Phi) is 6.94. The summed E-state index contributed by atoms with van der Waals surface area (Å²) in [5.41, 5.74) is 3.96. The van der Waals surface area contributed by atoms with Crippen LogP contribution in [0.1, 0.15) is 47.3 Å². The first kappa shape index (κ1) is 23.3. The van der Waals surface area contributed by atoms with Crippen LogP contribution in [0.2, 0.25) is 0 Å². The molecule has 0 unspecified atom stereocenters. The molecule has 0 aliphatic carbocycles. The second-order valence-corrected chi connectivity index (χ2v) is 9.52. The van der Waals surface area contributed by atoms with Crippen molar-refractivity contribution >= 4 is 28.8 Å². The second-order valence-electron chi connectivity index (χ2n) is 9.52. The van der Waals surface area contributed by atoms with Crippen LogP contribution in [0.25, 0.3) is 11.1 Å². The van der Waals surface area contributed by atoms with Gasteiger partial charge >= 0.3 is 5.97 Å². The Morgan fingerprint density at radius 2 is 2.20 bits per heavy atom. The summed E-state index contributed by atoms with van der Waals surface area (Å²) in [5.74, 6) is 0.176. The number of rotatable bonds is 9. The molecule has 3 N–H and O–H groups in total. The minimum Gasteiger partial charge on any atom is -0.480 e. The van der Waals surface area contributed by atoms with Gasteiger partial charge in [0, 0.05) is 30.9 Å². The summed E-state index contributed by atoms with van der Waals surface area (Å²) in [7, 11) is 0. The van der Waals surface area contributed by atoms with Crippen LogP contribution in [-0.2, 0) is 17.6 Å². The van der Waals surface area contributed by atoms with Gasteiger partial charge in [-0.25, -0.2) is 14.8 Å². The second kappa shape index (κ2) is 10.4. The fourth-order valence-corrected chi connectivity index (χ4v) is 5.02. The van der Waals surface area contributed by atoms with Gasteiger partial charge in [0.2, 0.25) is 0 Å². The highest BCUT2D eigenvalue weighted by atomic mass is 16.4. The van der Waals surface area contributed by atoms with E-state index in [2.05, 4.69) is 32.7 Å². The number of aliphatic carboxylic acids is 1. The van der Waals surface area contributed by atoms with Gasteiger partial charge in [-0.3, -0.25) is 4.79 Å². The van der Waals surface area contributed by atoms with E-state index < -0.39 is 17.9 Å². The molecule has 0 radical (unpaired) electrons. The third-order valence-corrected chi connectivity index (χ3v) is 7.06. The molecule has 9 heteroatoms. The number of aryl methyl sites for hydroxylation is 2. The molecule has 3 aromatic rings. The van der Waals surface area contributed by atoms with Gasteiger partial charge in [-0.1, -0.05) is 6.07 Å². The smallest absolute Gasteiger partial charge is 0.326 e. The molecule has 35 heavy (non-hydrogen) atoms. The Hall–Kier alpha value is -3.46. The van der Waals surface area contributed by atoms with Crippen molar-refractivity contribution in [3.63, 3.8) is 0 Å². The Morgan fingerprint density at radius 3 is 3.09 bits per heavy atom. The van der Waals surface area contributed by atoms with Gasteiger partial charge in [-0.2, -0.15) is 0 Å². The number of benzene rings is 1. The zero-order chi connectivity index (χ0) is 24.2. The van der Waals surface area contributed by atoms with E-state index in [1.165, 1.54) is 12.0 Å². The molecule has 184 valence electrons. The number of likely N-dealkylation sites (tertiary alicyclic amines) is 1. The van der Waals surface area contributed by atoms with Crippen molar-refractivity contribution < 1.29 is 19.1 Å². The van der Waals surface area contributed by atoms with Crippen LogP contribution in [0.3, 0.4) is 0 Å². The number of carbonyl (C=O) groups excluding carboxylic acids is 1. The van der Waals surface area contributed by atoms with Gasteiger partial charge in [-0.05, 0) is 80.8 Å². The minimum absolute atomic E-state index is 0.359. The van der Waals surface area contributed by atoms with Crippen LogP contribution in [0.4, 0.5) is 5.82 Å². The third kappa shape index (κ3) is 5.62. The first-order chi connectivity index (χ1) is 17.0. The highest BCUT2D eigenvalue weighted by Crippen LogP contribution is 2.24. The lowest BCUT2D eigenvalue weighted by molar-refractivity contribution is -0.139. The summed E-state index contributed by atoms with van der Waals surface area (Å²) >= 11 is 0. The standard InChI is InChI=1S/C26H31N5O4/c32-25(19-5-8-23-22(14-19)28-16-35-23)30-21(26(33)34)10-13-31-12-9-17(15-31)3-6-20-7-4-18-2-1-11-27-24(18)29-20/h4-5,7-8,14,16-17,21H,1-3,6,9-13,15H2,(H,27,29)(H,30,32)(H,33,34)/t17-,21-/m0/s1. The number of pyridine rings is 1. The molecule has 0 spiro atoms. The zero-order valence-electron chi connectivity index (χ0n) is 19.7. The number of hydrogen-bond acceptors (Lipinski definition) is 7.